The van der Waals surface area contributed by atoms with E-state index in [1.807, 2.05) is 6.07 Å². The van der Waals surface area contributed by atoms with Crippen LogP contribution in [-0.4, -0.2) is 6.54 Å². The minimum absolute atomic E-state index is 0.217. The molecule has 0 atom stereocenters. The van der Waals surface area contributed by atoms with E-state index in [1.54, 1.807) is 23.5 Å². The highest BCUT2D eigenvalue weighted by atomic mass is 79.9. The zero-order valence-electron chi connectivity index (χ0n) is 9.55. The largest absolute Gasteiger partial charge is 0.312 e. The molecule has 0 aliphatic rings. The quantitative estimate of drug-likeness (QED) is 0.777. The fourth-order valence-electron chi connectivity index (χ4n) is 1.60. The Morgan fingerprint density at radius 3 is 2.83 bits per heavy atom. The van der Waals surface area contributed by atoms with Gasteiger partial charge < -0.3 is 5.32 Å². The number of hydrogen-bond acceptors (Lipinski definition) is 2. The summed E-state index contributed by atoms with van der Waals surface area (Å²) in [6.45, 7) is 1.32. The van der Waals surface area contributed by atoms with Crippen LogP contribution in [0.2, 0.25) is 5.02 Å². The average Bonchev–Trinajstić information content (AvgIpc) is 2.75. The van der Waals surface area contributed by atoms with Crippen molar-refractivity contribution in [1.29, 1.82) is 0 Å². The summed E-state index contributed by atoms with van der Waals surface area (Å²) in [6, 6.07) is 8.75. The van der Waals surface area contributed by atoms with E-state index in [-0.39, 0.29) is 5.82 Å². The average molecular weight is 349 g/mol. The first-order valence-corrected chi connectivity index (χ1v) is 7.53. The highest BCUT2D eigenvalue weighted by molar-refractivity contribution is 9.11. The second-order valence-corrected chi connectivity index (χ2v) is 6.85. The Labute approximate surface area is 123 Å². The zero-order chi connectivity index (χ0) is 13.0. The molecule has 1 nitrogen and oxygen atoms in total. The van der Waals surface area contributed by atoms with Crippen LogP contribution in [0.5, 0.6) is 0 Å². The molecule has 0 unspecified atom stereocenters. The molecule has 0 bridgehead atoms. The molecule has 0 spiro atoms. The van der Waals surface area contributed by atoms with Crippen LogP contribution in [0.4, 0.5) is 4.39 Å². The summed E-state index contributed by atoms with van der Waals surface area (Å²) in [5, 5.41) is 3.79. The third kappa shape index (κ3) is 4.05. The van der Waals surface area contributed by atoms with E-state index in [1.165, 1.54) is 10.9 Å². The number of thiophene rings is 1. The predicted molar refractivity (Wildman–Crippen MR) is 78.8 cm³/mol. The first-order chi connectivity index (χ1) is 8.65. The number of hydrogen-bond donors (Lipinski definition) is 1. The van der Waals surface area contributed by atoms with Crippen LogP contribution in [0.15, 0.2) is 34.1 Å². The maximum atomic E-state index is 13.4. The summed E-state index contributed by atoms with van der Waals surface area (Å²) >= 11 is 11.0. The van der Waals surface area contributed by atoms with Crippen LogP contribution in [0.1, 0.15) is 10.4 Å². The van der Waals surface area contributed by atoms with Crippen molar-refractivity contribution in [3.8, 4) is 0 Å². The lowest BCUT2D eigenvalue weighted by Crippen LogP contribution is -2.17. The number of nitrogens with one attached hydrogen (secondary N) is 1. The van der Waals surface area contributed by atoms with Gasteiger partial charge in [-0.1, -0.05) is 11.6 Å². The van der Waals surface area contributed by atoms with Crippen molar-refractivity contribution in [3.05, 3.63) is 55.4 Å². The fourth-order valence-corrected chi connectivity index (χ4v) is 3.28. The molecule has 96 valence electrons. The van der Waals surface area contributed by atoms with Crippen molar-refractivity contribution in [3.63, 3.8) is 0 Å². The molecule has 18 heavy (non-hydrogen) atoms. The smallest absolute Gasteiger partial charge is 0.127 e. The second kappa shape index (κ2) is 6.66. The molecule has 0 aliphatic heterocycles. The topological polar surface area (TPSA) is 12.0 Å². The summed E-state index contributed by atoms with van der Waals surface area (Å²) in [6.07, 6.45) is 0.943. The summed E-state index contributed by atoms with van der Waals surface area (Å²) < 4.78 is 14.6. The number of halogens is 3. The Morgan fingerprint density at radius 2 is 2.11 bits per heavy atom. The standard InChI is InChI=1S/C13H12BrClFNS/c14-13-4-2-11(18-13)5-6-17-8-9-7-10(15)1-3-12(9)16/h1-4,7,17H,5-6,8H2. The Hall–Kier alpha value is -0.420. The molecular formula is C13H12BrClFNS. The molecular weight excluding hydrogens is 337 g/mol. The second-order valence-electron chi connectivity index (χ2n) is 3.87. The van der Waals surface area contributed by atoms with E-state index < -0.39 is 0 Å². The Kier molecular flexibility index (Phi) is 5.18. The number of benzene rings is 1. The summed E-state index contributed by atoms with van der Waals surface area (Å²) in [7, 11) is 0. The Morgan fingerprint density at radius 1 is 1.28 bits per heavy atom. The molecule has 1 heterocycles. The van der Waals surface area contributed by atoms with Crippen molar-refractivity contribution in [2.45, 2.75) is 13.0 Å². The van der Waals surface area contributed by atoms with E-state index in [4.69, 9.17) is 11.6 Å². The van der Waals surface area contributed by atoms with E-state index in [9.17, 15) is 4.39 Å². The molecule has 0 aliphatic carbocycles. The monoisotopic (exact) mass is 347 g/mol. The van der Waals surface area contributed by atoms with Crippen molar-refractivity contribution in [2.75, 3.05) is 6.54 Å². The number of rotatable bonds is 5. The molecule has 0 amide bonds. The molecule has 0 fully saturated rings. The molecule has 0 saturated heterocycles. The van der Waals surface area contributed by atoms with Gasteiger partial charge in [0, 0.05) is 28.6 Å². The van der Waals surface area contributed by atoms with Crippen LogP contribution in [0.3, 0.4) is 0 Å². The van der Waals surface area contributed by atoms with Gasteiger partial charge in [-0.05, 0) is 52.7 Å². The summed E-state index contributed by atoms with van der Waals surface area (Å²) in [4.78, 5) is 1.31. The van der Waals surface area contributed by atoms with Gasteiger partial charge in [0.25, 0.3) is 0 Å². The van der Waals surface area contributed by atoms with Crippen molar-refractivity contribution in [2.24, 2.45) is 0 Å². The summed E-state index contributed by atoms with van der Waals surface area (Å²) in [5.74, 6) is -0.217. The Balaban J connectivity index is 1.80. The first kappa shape index (κ1) is 14.0. The van der Waals surface area contributed by atoms with Gasteiger partial charge in [-0.15, -0.1) is 11.3 Å². The lowest BCUT2D eigenvalue weighted by atomic mass is 10.2. The molecule has 2 aromatic rings. The SMILES string of the molecule is Fc1ccc(Cl)cc1CNCCc1ccc(Br)s1. The predicted octanol–water partition coefficient (Wildman–Crippen LogP) is 4.64. The molecule has 0 radical (unpaired) electrons. The van der Waals surface area contributed by atoms with Gasteiger partial charge in [-0.2, -0.15) is 0 Å². The third-order valence-corrected chi connectivity index (χ3v) is 4.42. The van der Waals surface area contributed by atoms with E-state index in [2.05, 4.69) is 27.3 Å². The Bertz CT molecular complexity index is 529. The van der Waals surface area contributed by atoms with Crippen LogP contribution in [0.25, 0.3) is 0 Å². The van der Waals surface area contributed by atoms with Crippen LogP contribution >= 0.6 is 38.9 Å². The highest BCUT2D eigenvalue weighted by Crippen LogP contribution is 2.22. The van der Waals surface area contributed by atoms with E-state index in [0.29, 0.717) is 17.1 Å². The van der Waals surface area contributed by atoms with Gasteiger partial charge >= 0.3 is 0 Å². The summed E-state index contributed by atoms with van der Waals surface area (Å²) in [5.41, 5.74) is 0.606. The van der Waals surface area contributed by atoms with Gasteiger partial charge in [0.05, 0.1) is 3.79 Å². The lowest BCUT2D eigenvalue weighted by molar-refractivity contribution is 0.589. The normalized spacial score (nSPS) is 10.8. The van der Waals surface area contributed by atoms with Gasteiger partial charge in [0.2, 0.25) is 0 Å². The van der Waals surface area contributed by atoms with E-state index in [0.717, 1.165) is 16.8 Å². The van der Waals surface area contributed by atoms with Crippen LogP contribution in [-0.2, 0) is 13.0 Å². The van der Waals surface area contributed by atoms with E-state index >= 15 is 0 Å². The third-order valence-electron chi connectivity index (χ3n) is 2.50. The van der Waals surface area contributed by atoms with Crippen LogP contribution in [0, 0.1) is 5.82 Å². The molecule has 1 aromatic heterocycles. The fraction of sp³-hybridized carbons (Fsp3) is 0.231. The first-order valence-electron chi connectivity index (χ1n) is 5.54. The molecule has 5 heteroatoms. The molecule has 0 saturated carbocycles. The maximum absolute atomic E-state index is 13.4. The lowest BCUT2D eigenvalue weighted by Gasteiger charge is -2.05. The molecule has 1 aromatic carbocycles. The van der Waals surface area contributed by atoms with Gasteiger partial charge in [-0.25, -0.2) is 4.39 Å². The minimum atomic E-state index is -0.217. The highest BCUT2D eigenvalue weighted by Gasteiger charge is 2.03. The van der Waals surface area contributed by atoms with Crippen molar-refractivity contribution < 1.29 is 4.39 Å². The zero-order valence-corrected chi connectivity index (χ0v) is 12.7. The van der Waals surface area contributed by atoms with Gasteiger partial charge in [0.15, 0.2) is 0 Å². The molecule has 2 rings (SSSR count). The van der Waals surface area contributed by atoms with Gasteiger partial charge in [0.1, 0.15) is 5.82 Å². The van der Waals surface area contributed by atoms with Gasteiger partial charge in [-0.3, -0.25) is 0 Å². The van der Waals surface area contributed by atoms with Crippen LogP contribution < -0.4 is 5.32 Å². The van der Waals surface area contributed by atoms with Crippen molar-refractivity contribution in [1.82, 2.24) is 5.32 Å². The molecule has 1 N–H and O–H groups in total. The minimum Gasteiger partial charge on any atom is -0.312 e. The van der Waals surface area contributed by atoms with Crippen molar-refractivity contribution >= 4 is 38.9 Å². The maximum Gasteiger partial charge on any atom is 0.127 e.